The SMILES string of the molecule is Cc1nn(Cc2ccccc2C(=O)Nc2cccc(F)c2)c(C)c1[N+](=O)[O-]. The minimum atomic E-state index is -0.462. The van der Waals surface area contributed by atoms with Gasteiger partial charge in [-0.1, -0.05) is 24.3 Å². The molecule has 0 radical (unpaired) electrons. The van der Waals surface area contributed by atoms with Gasteiger partial charge in [0.15, 0.2) is 0 Å². The number of nitrogens with one attached hydrogen (secondary N) is 1. The summed E-state index contributed by atoms with van der Waals surface area (Å²) in [4.78, 5) is 23.3. The van der Waals surface area contributed by atoms with Gasteiger partial charge in [-0.25, -0.2) is 4.39 Å². The quantitative estimate of drug-likeness (QED) is 0.547. The van der Waals surface area contributed by atoms with Gasteiger partial charge in [-0.3, -0.25) is 19.6 Å². The summed E-state index contributed by atoms with van der Waals surface area (Å²) in [5.41, 5.74) is 2.08. The van der Waals surface area contributed by atoms with E-state index in [0.29, 0.717) is 28.2 Å². The molecule has 0 fully saturated rings. The van der Waals surface area contributed by atoms with E-state index in [4.69, 9.17) is 0 Å². The highest BCUT2D eigenvalue weighted by Gasteiger charge is 2.22. The zero-order chi connectivity index (χ0) is 19.6. The minimum Gasteiger partial charge on any atom is -0.322 e. The van der Waals surface area contributed by atoms with E-state index in [1.807, 2.05) is 0 Å². The molecule has 0 saturated heterocycles. The Morgan fingerprint density at radius 3 is 2.63 bits per heavy atom. The predicted molar refractivity (Wildman–Crippen MR) is 98.3 cm³/mol. The summed E-state index contributed by atoms with van der Waals surface area (Å²) in [7, 11) is 0. The van der Waals surface area contributed by atoms with Crippen LogP contribution in [0.25, 0.3) is 0 Å². The molecule has 0 aliphatic carbocycles. The molecule has 27 heavy (non-hydrogen) atoms. The number of hydrogen-bond acceptors (Lipinski definition) is 4. The van der Waals surface area contributed by atoms with Crippen molar-refractivity contribution in [3.63, 3.8) is 0 Å². The first-order chi connectivity index (χ1) is 12.9. The Morgan fingerprint density at radius 2 is 1.96 bits per heavy atom. The lowest BCUT2D eigenvalue weighted by atomic mass is 10.1. The van der Waals surface area contributed by atoms with Crippen LogP contribution in [0, 0.1) is 29.8 Å². The molecule has 3 rings (SSSR count). The first-order valence-electron chi connectivity index (χ1n) is 8.20. The molecule has 3 aromatic rings. The second-order valence-electron chi connectivity index (χ2n) is 6.06. The molecule has 0 atom stereocenters. The molecule has 7 nitrogen and oxygen atoms in total. The number of anilines is 1. The fraction of sp³-hybridized carbons (Fsp3) is 0.158. The van der Waals surface area contributed by atoms with Crippen molar-refractivity contribution in [3.05, 3.63) is 87.0 Å². The lowest BCUT2D eigenvalue weighted by molar-refractivity contribution is -0.386. The van der Waals surface area contributed by atoms with E-state index in [-0.39, 0.29) is 12.2 Å². The van der Waals surface area contributed by atoms with Crippen molar-refractivity contribution in [2.75, 3.05) is 5.32 Å². The third-order valence-electron chi connectivity index (χ3n) is 4.19. The van der Waals surface area contributed by atoms with Crippen molar-refractivity contribution < 1.29 is 14.1 Å². The Bertz CT molecular complexity index is 1030. The van der Waals surface area contributed by atoms with Gasteiger partial charge in [0.1, 0.15) is 17.2 Å². The van der Waals surface area contributed by atoms with Crippen molar-refractivity contribution in [1.29, 1.82) is 0 Å². The van der Waals surface area contributed by atoms with E-state index >= 15 is 0 Å². The normalized spacial score (nSPS) is 10.6. The molecule has 1 amide bonds. The Labute approximate surface area is 154 Å². The number of halogens is 1. The van der Waals surface area contributed by atoms with Crippen molar-refractivity contribution in [3.8, 4) is 0 Å². The molecule has 138 valence electrons. The molecule has 0 aliphatic rings. The van der Waals surface area contributed by atoms with Crippen LogP contribution >= 0.6 is 0 Å². The van der Waals surface area contributed by atoms with E-state index in [0.717, 1.165) is 0 Å². The van der Waals surface area contributed by atoms with Gasteiger partial charge < -0.3 is 5.32 Å². The molecule has 1 aromatic heterocycles. The van der Waals surface area contributed by atoms with E-state index in [1.54, 1.807) is 44.2 Å². The van der Waals surface area contributed by atoms with Gasteiger partial charge in [-0.15, -0.1) is 0 Å². The first kappa shape index (κ1) is 18.2. The fourth-order valence-electron chi connectivity index (χ4n) is 2.91. The Balaban J connectivity index is 1.90. The van der Waals surface area contributed by atoms with E-state index < -0.39 is 16.6 Å². The highest BCUT2D eigenvalue weighted by molar-refractivity contribution is 6.05. The van der Waals surface area contributed by atoms with Crippen LogP contribution in [0.5, 0.6) is 0 Å². The maximum Gasteiger partial charge on any atom is 0.312 e. The number of carbonyl (C=O) groups is 1. The number of hydrogen-bond donors (Lipinski definition) is 1. The Morgan fingerprint density at radius 1 is 1.22 bits per heavy atom. The second-order valence-corrected chi connectivity index (χ2v) is 6.06. The molecular weight excluding hydrogens is 351 g/mol. The molecule has 1 N–H and O–H groups in total. The summed E-state index contributed by atoms with van der Waals surface area (Å²) in [6.07, 6.45) is 0. The lowest BCUT2D eigenvalue weighted by Crippen LogP contribution is -2.16. The van der Waals surface area contributed by atoms with Crippen LogP contribution in [0.1, 0.15) is 27.3 Å². The van der Waals surface area contributed by atoms with Crippen LogP contribution in [-0.4, -0.2) is 20.6 Å². The van der Waals surface area contributed by atoms with Crippen LogP contribution in [-0.2, 0) is 6.54 Å². The third-order valence-corrected chi connectivity index (χ3v) is 4.19. The van der Waals surface area contributed by atoms with Crippen molar-refractivity contribution >= 4 is 17.3 Å². The van der Waals surface area contributed by atoms with Crippen molar-refractivity contribution in [2.24, 2.45) is 0 Å². The molecule has 0 spiro atoms. The van der Waals surface area contributed by atoms with Crippen LogP contribution in [0.3, 0.4) is 0 Å². The topological polar surface area (TPSA) is 90.1 Å². The van der Waals surface area contributed by atoms with E-state index in [9.17, 15) is 19.3 Å². The zero-order valence-corrected chi connectivity index (χ0v) is 14.8. The van der Waals surface area contributed by atoms with Gasteiger partial charge in [-0.05, 0) is 43.7 Å². The number of rotatable bonds is 5. The summed E-state index contributed by atoms with van der Waals surface area (Å²) in [6.45, 7) is 3.39. The molecule has 0 aliphatic heterocycles. The van der Waals surface area contributed by atoms with Crippen LogP contribution in [0.4, 0.5) is 15.8 Å². The first-order valence-corrected chi connectivity index (χ1v) is 8.20. The molecule has 1 heterocycles. The highest BCUT2D eigenvalue weighted by Crippen LogP contribution is 2.23. The fourth-order valence-corrected chi connectivity index (χ4v) is 2.91. The van der Waals surface area contributed by atoms with Gasteiger partial charge in [0.25, 0.3) is 5.91 Å². The summed E-state index contributed by atoms with van der Waals surface area (Å²) >= 11 is 0. The summed E-state index contributed by atoms with van der Waals surface area (Å²) < 4.78 is 14.8. The number of amides is 1. The average molecular weight is 368 g/mol. The highest BCUT2D eigenvalue weighted by atomic mass is 19.1. The Kier molecular flexibility index (Phi) is 4.98. The molecule has 0 bridgehead atoms. The van der Waals surface area contributed by atoms with Gasteiger partial charge in [0, 0.05) is 11.3 Å². The number of nitro groups is 1. The average Bonchev–Trinajstić information content (AvgIpc) is 2.89. The second kappa shape index (κ2) is 7.36. The summed E-state index contributed by atoms with van der Waals surface area (Å²) in [6, 6.07) is 12.5. The maximum absolute atomic E-state index is 13.3. The number of aromatic nitrogens is 2. The summed E-state index contributed by atoms with van der Waals surface area (Å²) in [5, 5.41) is 18.0. The molecule has 0 unspecified atom stereocenters. The van der Waals surface area contributed by atoms with Gasteiger partial charge in [-0.2, -0.15) is 5.10 Å². The van der Waals surface area contributed by atoms with Gasteiger partial charge in [0.05, 0.1) is 11.5 Å². The standard InChI is InChI=1S/C19H17FN4O3/c1-12-18(24(26)27)13(2)23(22-12)11-14-6-3-4-9-17(14)19(25)21-16-8-5-7-15(20)10-16/h3-10H,11H2,1-2H3,(H,21,25). The van der Waals surface area contributed by atoms with E-state index in [2.05, 4.69) is 10.4 Å². The monoisotopic (exact) mass is 368 g/mol. The molecule has 2 aromatic carbocycles. The molecular formula is C19H17FN4O3. The number of aryl methyl sites for hydroxylation is 1. The van der Waals surface area contributed by atoms with Crippen molar-refractivity contribution in [2.45, 2.75) is 20.4 Å². The van der Waals surface area contributed by atoms with Crippen LogP contribution in [0.2, 0.25) is 0 Å². The smallest absolute Gasteiger partial charge is 0.312 e. The van der Waals surface area contributed by atoms with Crippen LogP contribution < -0.4 is 5.32 Å². The number of carbonyl (C=O) groups excluding carboxylic acids is 1. The molecule has 0 saturated carbocycles. The third kappa shape index (κ3) is 3.84. The zero-order valence-electron chi connectivity index (χ0n) is 14.8. The van der Waals surface area contributed by atoms with Gasteiger partial charge >= 0.3 is 5.69 Å². The Hall–Kier alpha value is -3.55. The minimum absolute atomic E-state index is 0.0308. The van der Waals surface area contributed by atoms with Gasteiger partial charge in [0.2, 0.25) is 0 Å². The predicted octanol–water partition coefficient (Wildman–Crippen LogP) is 3.85. The number of benzene rings is 2. The maximum atomic E-state index is 13.3. The van der Waals surface area contributed by atoms with Crippen LogP contribution in [0.15, 0.2) is 48.5 Å². The molecule has 8 heteroatoms. The van der Waals surface area contributed by atoms with E-state index in [1.165, 1.54) is 22.9 Å². The summed E-state index contributed by atoms with van der Waals surface area (Å²) in [5.74, 6) is -0.844. The lowest BCUT2D eigenvalue weighted by Gasteiger charge is -2.11. The largest absolute Gasteiger partial charge is 0.322 e. The van der Waals surface area contributed by atoms with Crippen molar-refractivity contribution in [1.82, 2.24) is 9.78 Å². The number of nitrogens with zero attached hydrogens (tertiary/aromatic N) is 3.